The lowest BCUT2D eigenvalue weighted by molar-refractivity contribution is -0.126. The van der Waals surface area contributed by atoms with Crippen molar-refractivity contribution in [2.75, 3.05) is 24.3 Å². The fourth-order valence-electron chi connectivity index (χ4n) is 6.15. The van der Waals surface area contributed by atoms with Crippen LogP contribution in [-0.4, -0.2) is 36.3 Å². The van der Waals surface area contributed by atoms with Gasteiger partial charge in [-0.15, -0.1) is 0 Å². The number of carbonyl (C=O) groups is 3. The molecular weight excluding hydrogens is 570 g/mol. The van der Waals surface area contributed by atoms with Gasteiger partial charge in [-0.3, -0.25) is 9.59 Å². The quantitative estimate of drug-likeness (QED) is 0.260. The minimum absolute atomic E-state index is 0.116. The van der Waals surface area contributed by atoms with Crippen LogP contribution >= 0.6 is 15.9 Å². The highest BCUT2D eigenvalue weighted by Crippen LogP contribution is 2.57. The van der Waals surface area contributed by atoms with E-state index in [-0.39, 0.29) is 12.3 Å². The molecule has 0 radical (unpaired) electrons. The molecule has 8 heteroatoms. The molecule has 3 amide bonds. The molecule has 2 aliphatic heterocycles. The second-order valence-corrected chi connectivity index (χ2v) is 10.8. The molecule has 3 atom stereocenters. The van der Waals surface area contributed by atoms with E-state index in [2.05, 4.69) is 26.6 Å². The zero-order valence-corrected chi connectivity index (χ0v) is 23.2. The highest BCUT2D eigenvalue weighted by Gasteiger charge is 2.67. The number of nitrogens with one attached hydrogen (secondary N) is 2. The van der Waals surface area contributed by atoms with Crippen LogP contribution < -0.4 is 15.4 Å². The first kappa shape index (κ1) is 25.8. The zero-order valence-electron chi connectivity index (χ0n) is 21.6. The van der Waals surface area contributed by atoms with Crippen LogP contribution in [0.3, 0.4) is 0 Å². The number of fused-ring (bicyclic) bond motifs is 2. The number of rotatable bonds is 5. The molecule has 7 nitrogen and oxygen atoms in total. The molecule has 1 spiro atoms. The first-order valence-corrected chi connectivity index (χ1v) is 13.7. The maximum Gasteiger partial charge on any atom is 0.323 e. The number of nitrogens with zero attached hydrogens (tertiary/aromatic N) is 1. The highest BCUT2D eigenvalue weighted by atomic mass is 79.9. The molecule has 2 N–H and O–H groups in total. The Bertz CT molecular complexity index is 1630. The number of anilines is 2. The number of para-hydroxylation sites is 2. The average Bonchev–Trinajstić information content (AvgIpc) is 3.48. The number of halogens is 1. The summed E-state index contributed by atoms with van der Waals surface area (Å²) in [6, 6.07) is 30.4. The smallest absolute Gasteiger partial charge is 0.323 e. The molecule has 2 heterocycles. The molecule has 4 aromatic carbocycles. The molecular formula is C32H26BrN3O4. The SMILES string of the molecule is COc1ccccc1C1CN(C(=O)Nc2cccc(Br)c2)C2(C(=O)Nc3ccccc32)C1C(=O)c1ccccc1. The predicted octanol–water partition coefficient (Wildman–Crippen LogP) is 6.44. The third-order valence-corrected chi connectivity index (χ3v) is 8.28. The van der Waals surface area contributed by atoms with Gasteiger partial charge >= 0.3 is 6.03 Å². The molecule has 0 bridgehead atoms. The predicted molar refractivity (Wildman–Crippen MR) is 157 cm³/mol. The summed E-state index contributed by atoms with van der Waals surface area (Å²) in [5, 5.41) is 5.93. The van der Waals surface area contributed by atoms with Gasteiger partial charge in [0.15, 0.2) is 11.3 Å². The molecule has 2 aliphatic rings. The van der Waals surface area contributed by atoms with E-state index in [1.165, 1.54) is 4.90 Å². The Morgan fingerprint density at radius 2 is 1.68 bits per heavy atom. The van der Waals surface area contributed by atoms with Crippen molar-refractivity contribution in [3.63, 3.8) is 0 Å². The third-order valence-electron chi connectivity index (χ3n) is 7.79. The number of ketones is 1. The van der Waals surface area contributed by atoms with Crippen LogP contribution in [0, 0.1) is 5.92 Å². The number of benzene rings is 4. The third kappa shape index (κ3) is 4.07. The molecule has 40 heavy (non-hydrogen) atoms. The highest BCUT2D eigenvalue weighted by molar-refractivity contribution is 9.10. The molecule has 0 aromatic heterocycles. The largest absolute Gasteiger partial charge is 0.496 e. The van der Waals surface area contributed by atoms with Gasteiger partial charge in [0.1, 0.15) is 5.75 Å². The zero-order chi connectivity index (χ0) is 27.9. The summed E-state index contributed by atoms with van der Waals surface area (Å²) in [4.78, 5) is 44.4. The number of hydrogen-bond acceptors (Lipinski definition) is 4. The van der Waals surface area contributed by atoms with Crippen LogP contribution in [0.5, 0.6) is 5.75 Å². The van der Waals surface area contributed by atoms with E-state index in [0.717, 1.165) is 10.0 Å². The number of likely N-dealkylation sites (tertiary alicyclic amines) is 1. The van der Waals surface area contributed by atoms with E-state index in [0.29, 0.717) is 28.3 Å². The Balaban J connectivity index is 1.58. The van der Waals surface area contributed by atoms with Crippen molar-refractivity contribution < 1.29 is 19.1 Å². The summed E-state index contributed by atoms with van der Waals surface area (Å²) in [5.41, 5.74) is 1.38. The maximum atomic E-state index is 14.5. The average molecular weight is 596 g/mol. The van der Waals surface area contributed by atoms with E-state index >= 15 is 0 Å². The Morgan fingerprint density at radius 1 is 0.950 bits per heavy atom. The fraction of sp³-hybridized carbons (Fsp3) is 0.156. The Hall–Kier alpha value is -4.43. The van der Waals surface area contributed by atoms with Crippen molar-refractivity contribution >= 4 is 45.0 Å². The Labute approximate surface area is 240 Å². The summed E-state index contributed by atoms with van der Waals surface area (Å²) in [5.74, 6) is -1.50. The van der Waals surface area contributed by atoms with Crippen molar-refractivity contribution in [3.8, 4) is 5.75 Å². The van der Waals surface area contributed by atoms with Crippen LogP contribution in [0.15, 0.2) is 108 Å². The Kier molecular flexibility index (Phi) is 6.64. The second-order valence-electron chi connectivity index (χ2n) is 9.87. The molecule has 0 aliphatic carbocycles. The molecule has 1 fully saturated rings. The van der Waals surface area contributed by atoms with Gasteiger partial charge in [0.2, 0.25) is 0 Å². The fourth-order valence-corrected chi connectivity index (χ4v) is 6.55. The lowest BCUT2D eigenvalue weighted by Crippen LogP contribution is -2.55. The molecule has 0 saturated carbocycles. The minimum atomic E-state index is -1.59. The summed E-state index contributed by atoms with van der Waals surface area (Å²) >= 11 is 3.45. The number of ether oxygens (including phenoxy) is 1. The van der Waals surface area contributed by atoms with Crippen LogP contribution in [0.1, 0.15) is 27.4 Å². The lowest BCUT2D eigenvalue weighted by atomic mass is 9.70. The molecule has 6 rings (SSSR count). The summed E-state index contributed by atoms with van der Waals surface area (Å²) in [6.45, 7) is 0.116. The van der Waals surface area contributed by atoms with E-state index in [4.69, 9.17) is 4.74 Å². The van der Waals surface area contributed by atoms with Gasteiger partial charge in [-0.25, -0.2) is 4.79 Å². The van der Waals surface area contributed by atoms with Crippen LogP contribution in [0.2, 0.25) is 0 Å². The van der Waals surface area contributed by atoms with Crippen molar-refractivity contribution in [2.45, 2.75) is 11.5 Å². The van der Waals surface area contributed by atoms with E-state index in [1.54, 1.807) is 49.6 Å². The van der Waals surface area contributed by atoms with Gasteiger partial charge in [0.05, 0.1) is 13.0 Å². The van der Waals surface area contributed by atoms with E-state index in [9.17, 15) is 14.4 Å². The first-order chi connectivity index (χ1) is 19.4. The normalized spacial score (nSPS) is 21.1. The standard InChI is InChI=1S/C32H26BrN3O4/c1-40-27-17-8-5-14-23(27)24-19-36(31(39)34-22-13-9-12-21(33)18-22)32(25-15-6-7-16-26(25)35-30(32)38)28(24)29(37)20-10-3-2-4-11-20/h2-18,24,28H,19H2,1H3,(H,34,39)(H,35,38). The number of Topliss-reactive ketones (excluding diaryl/α,β-unsaturated/α-hetero) is 1. The van der Waals surface area contributed by atoms with Crippen LogP contribution in [-0.2, 0) is 10.3 Å². The second kappa shape index (κ2) is 10.3. The van der Waals surface area contributed by atoms with Crippen molar-refractivity contribution in [1.29, 1.82) is 0 Å². The monoisotopic (exact) mass is 595 g/mol. The van der Waals surface area contributed by atoms with Gasteiger partial charge < -0.3 is 20.3 Å². The number of hydrogen-bond donors (Lipinski definition) is 2. The van der Waals surface area contributed by atoms with Gasteiger partial charge in [0, 0.05) is 39.4 Å². The maximum absolute atomic E-state index is 14.5. The number of urea groups is 1. The minimum Gasteiger partial charge on any atom is -0.496 e. The lowest BCUT2D eigenvalue weighted by Gasteiger charge is -2.37. The number of methoxy groups -OCH3 is 1. The molecule has 3 unspecified atom stereocenters. The summed E-state index contributed by atoms with van der Waals surface area (Å²) in [7, 11) is 1.58. The Morgan fingerprint density at radius 3 is 2.45 bits per heavy atom. The summed E-state index contributed by atoms with van der Waals surface area (Å²) in [6.07, 6.45) is 0. The van der Waals surface area contributed by atoms with Crippen LogP contribution in [0.4, 0.5) is 16.2 Å². The van der Waals surface area contributed by atoms with Gasteiger partial charge in [-0.1, -0.05) is 88.7 Å². The van der Waals surface area contributed by atoms with Crippen molar-refractivity contribution in [3.05, 3.63) is 124 Å². The number of amides is 3. The van der Waals surface area contributed by atoms with Crippen molar-refractivity contribution in [2.24, 2.45) is 5.92 Å². The molecule has 4 aromatic rings. The molecule has 200 valence electrons. The topological polar surface area (TPSA) is 87.7 Å². The summed E-state index contributed by atoms with van der Waals surface area (Å²) < 4.78 is 6.51. The molecule has 1 saturated heterocycles. The van der Waals surface area contributed by atoms with Gasteiger partial charge in [-0.05, 0) is 35.9 Å². The van der Waals surface area contributed by atoms with Crippen LogP contribution in [0.25, 0.3) is 0 Å². The van der Waals surface area contributed by atoms with E-state index in [1.807, 2.05) is 60.7 Å². The number of carbonyl (C=O) groups excluding carboxylic acids is 3. The van der Waals surface area contributed by atoms with Gasteiger partial charge in [-0.2, -0.15) is 0 Å². The van der Waals surface area contributed by atoms with Crippen molar-refractivity contribution in [1.82, 2.24) is 4.90 Å². The van der Waals surface area contributed by atoms with E-state index < -0.39 is 29.3 Å². The first-order valence-electron chi connectivity index (χ1n) is 12.9. The van der Waals surface area contributed by atoms with Gasteiger partial charge in [0.25, 0.3) is 5.91 Å².